The Morgan fingerprint density at radius 2 is 1.79 bits per heavy atom. The molecule has 1 saturated heterocycles. The maximum absolute atomic E-state index is 11.4. The van der Waals surface area contributed by atoms with Crippen LogP contribution in [0.2, 0.25) is 0 Å². The molecule has 1 amide bonds. The zero-order valence-electron chi connectivity index (χ0n) is 17.0. The van der Waals surface area contributed by atoms with Gasteiger partial charge in [0.05, 0.1) is 6.54 Å². The van der Waals surface area contributed by atoms with Crippen LogP contribution < -0.4 is 11.1 Å². The maximum Gasteiger partial charge on any atom is 0.248 e. The predicted molar refractivity (Wildman–Crippen MR) is 130 cm³/mol. The van der Waals surface area contributed by atoms with Crippen molar-refractivity contribution in [1.82, 2.24) is 10.2 Å². The van der Waals surface area contributed by atoms with Crippen LogP contribution in [-0.4, -0.2) is 36.4 Å². The SMILES string of the molecule is CCNC(=NCc1cccc(C(N)=O)c1)N1CCC(Cc2ccccc2)CC1.I. The molecule has 1 heterocycles. The third kappa shape index (κ3) is 7.03. The number of nitrogens with zero attached hydrogens (tertiary/aromatic N) is 2. The lowest BCUT2D eigenvalue weighted by molar-refractivity contribution is 0.1000. The van der Waals surface area contributed by atoms with E-state index in [1.165, 1.54) is 18.4 Å². The summed E-state index contributed by atoms with van der Waals surface area (Å²) in [5.74, 6) is 1.28. The molecule has 0 atom stereocenters. The number of hydrogen-bond acceptors (Lipinski definition) is 2. The first kappa shape index (κ1) is 23.2. The summed E-state index contributed by atoms with van der Waals surface area (Å²) in [5.41, 5.74) is 8.32. The van der Waals surface area contributed by atoms with Crippen molar-refractivity contribution in [1.29, 1.82) is 0 Å². The van der Waals surface area contributed by atoms with Gasteiger partial charge in [0.15, 0.2) is 5.96 Å². The number of likely N-dealkylation sites (tertiary alicyclic amines) is 1. The lowest BCUT2D eigenvalue weighted by Gasteiger charge is -2.34. The van der Waals surface area contributed by atoms with Gasteiger partial charge in [-0.3, -0.25) is 4.79 Å². The normalized spacial score (nSPS) is 14.9. The van der Waals surface area contributed by atoms with E-state index in [0.29, 0.717) is 12.1 Å². The van der Waals surface area contributed by atoms with Gasteiger partial charge in [-0.15, -0.1) is 24.0 Å². The van der Waals surface area contributed by atoms with Gasteiger partial charge in [0.2, 0.25) is 5.91 Å². The number of guanidine groups is 1. The second kappa shape index (κ2) is 11.8. The summed E-state index contributed by atoms with van der Waals surface area (Å²) < 4.78 is 0. The van der Waals surface area contributed by atoms with E-state index in [9.17, 15) is 4.79 Å². The number of halogens is 1. The van der Waals surface area contributed by atoms with E-state index in [4.69, 9.17) is 10.7 Å². The van der Waals surface area contributed by atoms with Crippen LogP contribution in [0.25, 0.3) is 0 Å². The number of carbonyl (C=O) groups is 1. The smallest absolute Gasteiger partial charge is 0.248 e. The van der Waals surface area contributed by atoms with Crippen LogP contribution in [-0.2, 0) is 13.0 Å². The van der Waals surface area contributed by atoms with Gasteiger partial charge in [-0.25, -0.2) is 4.99 Å². The maximum atomic E-state index is 11.4. The van der Waals surface area contributed by atoms with Gasteiger partial charge < -0.3 is 16.0 Å². The van der Waals surface area contributed by atoms with E-state index < -0.39 is 5.91 Å². The molecule has 0 unspecified atom stereocenters. The minimum Gasteiger partial charge on any atom is -0.366 e. The topological polar surface area (TPSA) is 70.7 Å². The lowest BCUT2D eigenvalue weighted by Crippen LogP contribution is -2.45. The van der Waals surface area contributed by atoms with Crippen LogP contribution in [0.15, 0.2) is 59.6 Å². The monoisotopic (exact) mass is 506 g/mol. The van der Waals surface area contributed by atoms with Crippen molar-refractivity contribution in [2.75, 3.05) is 19.6 Å². The number of carbonyl (C=O) groups excluding carboxylic acids is 1. The molecule has 1 fully saturated rings. The van der Waals surface area contributed by atoms with E-state index in [0.717, 1.165) is 43.5 Å². The van der Waals surface area contributed by atoms with E-state index >= 15 is 0 Å². The van der Waals surface area contributed by atoms with Gasteiger partial charge >= 0.3 is 0 Å². The van der Waals surface area contributed by atoms with E-state index in [1.54, 1.807) is 6.07 Å². The molecule has 0 radical (unpaired) electrons. The third-order valence-electron chi connectivity index (χ3n) is 5.24. The molecule has 1 aliphatic heterocycles. The van der Waals surface area contributed by atoms with Gasteiger partial charge in [0.1, 0.15) is 0 Å². The van der Waals surface area contributed by atoms with Crippen molar-refractivity contribution in [3.8, 4) is 0 Å². The molecule has 2 aromatic rings. The van der Waals surface area contributed by atoms with E-state index in [-0.39, 0.29) is 24.0 Å². The van der Waals surface area contributed by atoms with Gasteiger partial charge in [-0.1, -0.05) is 42.5 Å². The van der Waals surface area contributed by atoms with Crippen molar-refractivity contribution in [2.24, 2.45) is 16.6 Å². The highest BCUT2D eigenvalue weighted by Gasteiger charge is 2.21. The number of nitrogens with one attached hydrogen (secondary N) is 1. The Bertz CT molecular complexity index is 802. The number of nitrogens with two attached hydrogens (primary N) is 1. The first-order valence-electron chi connectivity index (χ1n) is 10.1. The molecule has 156 valence electrons. The molecular formula is C23H31IN4O. The number of hydrogen-bond donors (Lipinski definition) is 2. The highest BCUT2D eigenvalue weighted by atomic mass is 127. The fraction of sp³-hybridized carbons (Fsp3) is 0.391. The largest absolute Gasteiger partial charge is 0.366 e. The Labute approximate surface area is 190 Å². The van der Waals surface area contributed by atoms with Crippen LogP contribution >= 0.6 is 24.0 Å². The first-order chi connectivity index (χ1) is 13.7. The van der Waals surface area contributed by atoms with Gasteiger partial charge in [0, 0.05) is 25.2 Å². The quantitative estimate of drug-likeness (QED) is 0.356. The minimum absolute atomic E-state index is 0. The van der Waals surface area contributed by atoms with Crippen molar-refractivity contribution in [2.45, 2.75) is 32.7 Å². The second-order valence-electron chi connectivity index (χ2n) is 7.35. The van der Waals surface area contributed by atoms with Crippen LogP contribution in [0.1, 0.15) is 41.3 Å². The van der Waals surface area contributed by atoms with Crippen LogP contribution in [0.4, 0.5) is 0 Å². The van der Waals surface area contributed by atoms with Crippen molar-refractivity contribution < 1.29 is 4.79 Å². The first-order valence-corrected chi connectivity index (χ1v) is 10.1. The molecule has 5 nitrogen and oxygen atoms in total. The summed E-state index contributed by atoms with van der Waals surface area (Å²) in [7, 11) is 0. The number of aliphatic imine (C=N–C) groups is 1. The van der Waals surface area contributed by atoms with Crippen LogP contribution in [0.5, 0.6) is 0 Å². The number of piperidine rings is 1. The summed E-state index contributed by atoms with van der Waals surface area (Å²) in [4.78, 5) is 18.5. The summed E-state index contributed by atoms with van der Waals surface area (Å²) in [6.45, 7) is 5.50. The summed E-state index contributed by atoms with van der Waals surface area (Å²) >= 11 is 0. The second-order valence-corrected chi connectivity index (χ2v) is 7.35. The Morgan fingerprint density at radius 3 is 2.45 bits per heavy atom. The Balaban J connectivity index is 0.00000300. The molecule has 6 heteroatoms. The molecule has 1 aliphatic rings. The molecule has 3 rings (SSSR count). The number of rotatable bonds is 6. The standard InChI is InChI=1S/C23H30N4O.HI/c1-2-25-23(26-17-20-9-6-10-21(16-20)22(24)28)27-13-11-19(12-14-27)15-18-7-4-3-5-8-18;/h3-10,16,19H,2,11-15,17H2,1H3,(H2,24,28)(H,25,26);1H. The summed E-state index contributed by atoms with van der Waals surface area (Å²) in [6.07, 6.45) is 3.51. The average molecular weight is 506 g/mol. The minimum atomic E-state index is -0.404. The molecule has 3 N–H and O–H groups in total. The third-order valence-corrected chi connectivity index (χ3v) is 5.24. The van der Waals surface area contributed by atoms with Crippen molar-refractivity contribution in [3.05, 3.63) is 71.3 Å². The predicted octanol–water partition coefficient (Wildman–Crippen LogP) is 3.82. The molecule has 2 aromatic carbocycles. The Hall–Kier alpha value is -2.09. The van der Waals surface area contributed by atoms with E-state index in [1.807, 2.05) is 18.2 Å². The van der Waals surface area contributed by atoms with Crippen molar-refractivity contribution >= 4 is 35.8 Å². The van der Waals surface area contributed by atoms with Crippen LogP contribution in [0, 0.1) is 5.92 Å². The zero-order valence-corrected chi connectivity index (χ0v) is 19.3. The van der Waals surface area contributed by atoms with Crippen LogP contribution in [0.3, 0.4) is 0 Å². The molecule has 29 heavy (non-hydrogen) atoms. The van der Waals surface area contributed by atoms with Crippen molar-refractivity contribution in [3.63, 3.8) is 0 Å². The average Bonchev–Trinajstić information content (AvgIpc) is 2.73. The lowest BCUT2D eigenvalue weighted by atomic mass is 9.90. The van der Waals surface area contributed by atoms with Gasteiger partial charge in [-0.2, -0.15) is 0 Å². The highest BCUT2D eigenvalue weighted by Crippen LogP contribution is 2.22. The highest BCUT2D eigenvalue weighted by molar-refractivity contribution is 14.0. The Morgan fingerprint density at radius 1 is 1.10 bits per heavy atom. The zero-order chi connectivity index (χ0) is 19.8. The molecule has 0 aliphatic carbocycles. The molecule has 0 spiro atoms. The van der Waals surface area contributed by atoms with E-state index in [2.05, 4.69) is 47.5 Å². The van der Waals surface area contributed by atoms with Gasteiger partial charge in [0.25, 0.3) is 0 Å². The number of amides is 1. The fourth-order valence-corrected chi connectivity index (χ4v) is 3.71. The molecule has 0 bridgehead atoms. The molecule has 0 saturated carbocycles. The summed E-state index contributed by atoms with van der Waals surface area (Å²) in [6, 6.07) is 18.1. The molecular weight excluding hydrogens is 475 g/mol. The number of benzene rings is 2. The molecule has 0 aromatic heterocycles. The summed E-state index contributed by atoms with van der Waals surface area (Å²) in [5, 5.41) is 3.41. The fourth-order valence-electron chi connectivity index (χ4n) is 3.71. The number of primary amides is 1. The Kier molecular flexibility index (Phi) is 9.44. The van der Waals surface area contributed by atoms with Gasteiger partial charge in [-0.05, 0) is 55.4 Å².